The molecular formula is C48H49BrF6N10O2. The fourth-order valence-electron chi connectivity index (χ4n) is 7.91. The van der Waals surface area contributed by atoms with Crippen molar-refractivity contribution in [3.8, 4) is 12.1 Å². The highest BCUT2D eigenvalue weighted by Gasteiger charge is 2.37. The zero-order valence-corrected chi connectivity index (χ0v) is 39.3. The van der Waals surface area contributed by atoms with Gasteiger partial charge >= 0.3 is 12.4 Å². The van der Waals surface area contributed by atoms with Gasteiger partial charge in [0.25, 0.3) is 0 Å². The average Bonchev–Trinajstić information content (AvgIpc) is 3.31. The highest BCUT2D eigenvalue weighted by Crippen LogP contribution is 2.42. The van der Waals surface area contributed by atoms with Crippen molar-refractivity contribution < 1.29 is 35.8 Å². The highest BCUT2D eigenvalue weighted by atomic mass is 79.9. The van der Waals surface area contributed by atoms with E-state index < -0.39 is 23.5 Å². The zero-order chi connectivity index (χ0) is 48.6. The van der Waals surface area contributed by atoms with Gasteiger partial charge in [-0.2, -0.15) is 47.1 Å². The van der Waals surface area contributed by atoms with Gasteiger partial charge in [0.15, 0.2) is 11.6 Å². The minimum absolute atomic E-state index is 0.0572. The van der Waals surface area contributed by atoms with Gasteiger partial charge in [-0.15, -0.1) is 10.2 Å². The highest BCUT2D eigenvalue weighted by molar-refractivity contribution is 9.10. The second kappa shape index (κ2) is 21.7. The van der Waals surface area contributed by atoms with Crippen LogP contribution >= 0.6 is 15.9 Å². The molecule has 0 bridgehead atoms. The molecule has 2 fully saturated rings. The van der Waals surface area contributed by atoms with Crippen LogP contribution in [0.4, 0.5) is 43.7 Å². The number of aromatic nitrogens is 4. The first-order valence-electron chi connectivity index (χ1n) is 21.4. The number of benzene rings is 4. The summed E-state index contributed by atoms with van der Waals surface area (Å²) < 4.78 is 91.9. The molecule has 4 aromatic carbocycles. The molecule has 4 heterocycles. The summed E-state index contributed by atoms with van der Waals surface area (Å²) in [7, 11) is 0. The van der Waals surface area contributed by atoms with Crippen LogP contribution in [0.3, 0.4) is 0 Å². The topological polar surface area (TPSA) is 157 Å². The molecule has 67 heavy (non-hydrogen) atoms. The van der Waals surface area contributed by atoms with E-state index in [9.17, 15) is 36.9 Å². The van der Waals surface area contributed by atoms with Crippen LogP contribution in [-0.2, 0) is 21.8 Å². The third-order valence-corrected chi connectivity index (χ3v) is 12.2. The second-order valence-electron chi connectivity index (χ2n) is 16.0. The van der Waals surface area contributed by atoms with Crippen molar-refractivity contribution in [3.05, 3.63) is 121 Å². The number of nitriles is 2. The fraction of sp³-hybridized carbons (Fsp3) is 0.375. The predicted octanol–water partition coefficient (Wildman–Crippen LogP) is 10.8. The number of nitrogens with zero attached hydrogens (tertiary/aromatic N) is 7. The number of hydrogen-bond donors (Lipinski definition) is 3. The Morgan fingerprint density at radius 1 is 0.642 bits per heavy atom. The monoisotopic (exact) mass is 990 g/mol. The Balaban J connectivity index is 0.000000198. The van der Waals surface area contributed by atoms with E-state index in [1.165, 1.54) is 12.1 Å². The predicted molar refractivity (Wildman–Crippen MR) is 249 cm³/mol. The normalized spacial score (nSPS) is 15.0. The van der Waals surface area contributed by atoms with Gasteiger partial charge in [-0.1, -0.05) is 40.2 Å². The van der Waals surface area contributed by atoms with Gasteiger partial charge in [-0.05, 0) is 100 Å². The molecule has 352 valence electrons. The summed E-state index contributed by atoms with van der Waals surface area (Å²) in [6.45, 7) is 16.2. The van der Waals surface area contributed by atoms with Crippen molar-refractivity contribution in [1.29, 1.82) is 10.5 Å². The number of morpholine rings is 2. The van der Waals surface area contributed by atoms with Gasteiger partial charge in [0.1, 0.15) is 0 Å². The molecule has 2 atom stereocenters. The SMILES string of the molecule is C1COCCN1.Cc1c(C#N)cccc1[C@@H](C)Nc1nnc(C)c2cc(C(F)(F)F)c(Br)cc12.Cc1c(C#N)cccc1[C@@H](C)Nc1nnc(C)c2cc(C(F)(F)F)c(N3CCOCC3)cc12. The van der Waals surface area contributed by atoms with E-state index in [4.69, 9.17) is 9.47 Å². The molecule has 0 saturated carbocycles. The van der Waals surface area contributed by atoms with Crippen molar-refractivity contribution in [2.24, 2.45) is 0 Å². The Hall–Kier alpha value is -6.12. The maximum absolute atomic E-state index is 14.0. The van der Waals surface area contributed by atoms with Crippen LogP contribution in [0.15, 0.2) is 65.1 Å². The van der Waals surface area contributed by atoms with Crippen molar-refractivity contribution in [1.82, 2.24) is 25.7 Å². The quantitative estimate of drug-likeness (QED) is 0.130. The minimum atomic E-state index is -4.51. The van der Waals surface area contributed by atoms with Crippen LogP contribution < -0.4 is 20.9 Å². The molecule has 0 aliphatic carbocycles. The Kier molecular flexibility index (Phi) is 16.3. The smallest absolute Gasteiger partial charge is 0.379 e. The number of anilines is 3. The molecule has 19 heteroatoms. The van der Waals surface area contributed by atoms with E-state index in [0.717, 1.165) is 54.6 Å². The fourth-order valence-corrected chi connectivity index (χ4v) is 8.48. The summed E-state index contributed by atoms with van der Waals surface area (Å²) >= 11 is 3.02. The molecule has 2 aliphatic heterocycles. The van der Waals surface area contributed by atoms with Gasteiger partial charge < -0.3 is 30.3 Å². The van der Waals surface area contributed by atoms with E-state index >= 15 is 0 Å². The number of fused-ring (bicyclic) bond motifs is 2. The van der Waals surface area contributed by atoms with Gasteiger partial charge in [0.2, 0.25) is 0 Å². The van der Waals surface area contributed by atoms with Crippen molar-refractivity contribution in [3.63, 3.8) is 0 Å². The Morgan fingerprint density at radius 2 is 1.09 bits per heavy atom. The lowest BCUT2D eigenvalue weighted by atomic mass is 9.98. The molecule has 3 N–H and O–H groups in total. The van der Waals surface area contributed by atoms with Crippen LogP contribution in [0.25, 0.3) is 21.5 Å². The van der Waals surface area contributed by atoms with E-state index in [1.54, 1.807) is 43.0 Å². The molecule has 0 radical (unpaired) electrons. The van der Waals surface area contributed by atoms with Crippen LogP contribution in [0, 0.1) is 50.4 Å². The lowest BCUT2D eigenvalue weighted by Crippen LogP contribution is -2.37. The van der Waals surface area contributed by atoms with Crippen molar-refractivity contribution in [2.45, 2.75) is 66.0 Å². The molecule has 6 aromatic rings. The standard InChI is InChI=1S/C24H24F3N5O.C20H16BrF3N4.C4H9NO/c1-14-17(13-28)5-4-6-18(14)15(2)29-23-20-12-22(32-7-9-33-10-8-32)21(24(25,26)27)11-19(20)16(3)30-31-23;1-10-13(9-25)5-4-6-14(10)11(2)26-19-16-8-18(21)17(20(22,23)24)7-15(16)12(3)27-28-19;1-3-6-4-2-5-1/h4-6,11-12,15H,7-10H2,1-3H3,(H,29,31);4-8,11H,1-3H3,(H,26,28);5H,1-4H2/t15-;11-;/m11./s1. The Bertz CT molecular complexity index is 2810. The number of alkyl halides is 6. The van der Waals surface area contributed by atoms with Gasteiger partial charge in [-0.3, -0.25) is 0 Å². The first-order chi connectivity index (χ1) is 31.8. The van der Waals surface area contributed by atoms with Crippen LogP contribution in [0.5, 0.6) is 0 Å². The third kappa shape index (κ3) is 11.9. The Labute approximate surface area is 392 Å². The Morgan fingerprint density at radius 3 is 1.51 bits per heavy atom. The van der Waals surface area contributed by atoms with Gasteiger partial charge in [-0.25, -0.2) is 0 Å². The van der Waals surface area contributed by atoms with E-state index in [2.05, 4.69) is 64.4 Å². The number of halogens is 7. The first kappa shape index (κ1) is 50.3. The van der Waals surface area contributed by atoms with E-state index in [0.29, 0.717) is 82.0 Å². The molecule has 12 nitrogen and oxygen atoms in total. The molecule has 0 spiro atoms. The summed E-state index contributed by atoms with van der Waals surface area (Å²) in [6.07, 6.45) is -8.98. The summed E-state index contributed by atoms with van der Waals surface area (Å²) in [4.78, 5) is 1.70. The molecule has 8 rings (SSSR count). The van der Waals surface area contributed by atoms with Crippen LogP contribution in [0.1, 0.15) is 81.8 Å². The van der Waals surface area contributed by atoms with Crippen LogP contribution in [0.2, 0.25) is 0 Å². The molecular weight excluding hydrogens is 942 g/mol. The maximum atomic E-state index is 14.0. The molecule has 2 saturated heterocycles. The molecule has 0 amide bonds. The number of rotatable bonds is 7. The average molecular weight is 992 g/mol. The van der Waals surface area contributed by atoms with Crippen LogP contribution in [-0.4, -0.2) is 73.0 Å². The largest absolute Gasteiger partial charge is 0.418 e. The summed E-state index contributed by atoms with van der Waals surface area (Å²) in [5.74, 6) is 0.775. The molecule has 2 aliphatic rings. The summed E-state index contributed by atoms with van der Waals surface area (Å²) in [5.41, 5.74) is 4.15. The number of hydrogen-bond acceptors (Lipinski definition) is 12. The first-order valence-corrected chi connectivity index (χ1v) is 22.2. The zero-order valence-electron chi connectivity index (χ0n) is 37.7. The lowest BCUT2D eigenvalue weighted by molar-refractivity contribution is -0.138. The number of nitrogens with one attached hydrogen (secondary N) is 3. The van der Waals surface area contributed by atoms with E-state index in [1.807, 2.05) is 45.9 Å². The van der Waals surface area contributed by atoms with Crippen molar-refractivity contribution in [2.75, 3.05) is 68.1 Å². The van der Waals surface area contributed by atoms with E-state index in [-0.39, 0.29) is 22.2 Å². The minimum Gasteiger partial charge on any atom is -0.379 e. The molecule has 0 unspecified atom stereocenters. The lowest BCUT2D eigenvalue weighted by Gasteiger charge is -2.31. The number of aryl methyl sites for hydroxylation is 2. The van der Waals surface area contributed by atoms with Crippen molar-refractivity contribution >= 4 is 54.8 Å². The van der Waals surface area contributed by atoms with Gasteiger partial charge in [0.05, 0.1) is 84.3 Å². The third-order valence-electron chi connectivity index (χ3n) is 11.6. The molecule has 2 aromatic heterocycles. The summed E-state index contributed by atoms with van der Waals surface area (Å²) in [6, 6.07) is 20.0. The second-order valence-corrected chi connectivity index (χ2v) is 16.9. The van der Waals surface area contributed by atoms with Gasteiger partial charge in [0, 0.05) is 57.9 Å². The summed E-state index contributed by atoms with van der Waals surface area (Å²) in [5, 5.41) is 46.7. The number of ether oxygens (including phenoxy) is 2. The maximum Gasteiger partial charge on any atom is 0.418 e.